The van der Waals surface area contributed by atoms with Crippen molar-refractivity contribution in [3.8, 4) is 0 Å². The number of amides is 1. The molecule has 0 N–H and O–H groups in total. The summed E-state index contributed by atoms with van der Waals surface area (Å²) in [7, 11) is 3.87. The highest BCUT2D eigenvalue weighted by Crippen LogP contribution is 2.40. The van der Waals surface area contributed by atoms with Gasteiger partial charge in [0, 0.05) is 49.9 Å². The van der Waals surface area contributed by atoms with Crippen LogP contribution in [0, 0.1) is 0 Å². The summed E-state index contributed by atoms with van der Waals surface area (Å²) < 4.78 is 0. The van der Waals surface area contributed by atoms with Crippen LogP contribution >= 0.6 is 11.6 Å². The Morgan fingerprint density at radius 1 is 1.06 bits per heavy atom. The Bertz CT molecular complexity index is 970. The van der Waals surface area contributed by atoms with Crippen LogP contribution in [0.25, 0.3) is 0 Å². The molecule has 7 heteroatoms. The molecule has 1 amide bonds. The molecule has 2 aromatic carbocycles. The maximum atomic E-state index is 12.3. The van der Waals surface area contributed by atoms with Gasteiger partial charge in [-0.1, -0.05) is 41.9 Å². The van der Waals surface area contributed by atoms with Gasteiger partial charge in [0.2, 0.25) is 5.91 Å². The molecule has 1 atom stereocenters. The van der Waals surface area contributed by atoms with Gasteiger partial charge in [0.25, 0.3) is 0 Å². The van der Waals surface area contributed by atoms with E-state index in [4.69, 9.17) is 16.6 Å². The van der Waals surface area contributed by atoms with Crippen molar-refractivity contribution in [1.29, 1.82) is 0 Å². The van der Waals surface area contributed by atoms with Crippen molar-refractivity contribution in [3.63, 3.8) is 0 Å². The Morgan fingerprint density at radius 3 is 2.47 bits per heavy atom. The van der Waals surface area contributed by atoms with Crippen LogP contribution in [0.15, 0.2) is 53.5 Å². The summed E-state index contributed by atoms with van der Waals surface area (Å²) in [6, 6.07) is 16.6. The lowest BCUT2D eigenvalue weighted by Crippen LogP contribution is -2.52. The number of piperazine rings is 1. The first-order valence-corrected chi connectivity index (χ1v) is 11.6. The van der Waals surface area contributed by atoms with Gasteiger partial charge in [-0.3, -0.25) is 9.69 Å². The van der Waals surface area contributed by atoms with Gasteiger partial charge in [-0.25, -0.2) is 4.99 Å². The van der Waals surface area contributed by atoms with Gasteiger partial charge in [-0.15, -0.1) is 0 Å². The first-order chi connectivity index (χ1) is 15.4. The molecule has 0 bridgehead atoms. The van der Waals surface area contributed by atoms with E-state index in [1.165, 1.54) is 5.56 Å². The van der Waals surface area contributed by atoms with Crippen LogP contribution in [-0.4, -0.2) is 91.3 Å². The summed E-state index contributed by atoms with van der Waals surface area (Å²) in [6.45, 7) is 7.76. The van der Waals surface area contributed by atoms with E-state index in [1.807, 2.05) is 48.2 Å². The second-order valence-corrected chi connectivity index (χ2v) is 9.27. The van der Waals surface area contributed by atoms with Gasteiger partial charge in [0.05, 0.1) is 18.3 Å². The molecule has 170 valence electrons. The number of halogens is 1. The topological polar surface area (TPSA) is 42.4 Å². The Morgan fingerprint density at radius 2 is 1.78 bits per heavy atom. The summed E-state index contributed by atoms with van der Waals surface area (Å²) in [5.41, 5.74) is 3.38. The lowest BCUT2D eigenvalue weighted by molar-refractivity contribution is -0.133. The van der Waals surface area contributed by atoms with Crippen molar-refractivity contribution in [1.82, 2.24) is 19.6 Å². The number of fused-ring (bicyclic) bond motifs is 1. The van der Waals surface area contributed by atoms with E-state index in [1.54, 1.807) is 0 Å². The van der Waals surface area contributed by atoms with E-state index in [-0.39, 0.29) is 11.9 Å². The van der Waals surface area contributed by atoms with Crippen molar-refractivity contribution in [2.75, 3.05) is 59.9 Å². The highest BCUT2D eigenvalue weighted by molar-refractivity contribution is 6.30. The average molecular weight is 454 g/mol. The largest absolute Gasteiger partial charge is 0.348 e. The zero-order valence-corrected chi connectivity index (χ0v) is 19.9. The number of hydrogen-bond donors (Lipinski definition) is 0. The van der Waals surface area contributed by atoms with Crippen molar-refractivity contribution >= 4 is 29.0 Å². The van der Waals surface area contributed by atoms with Crippen LogP contribution in [0.4, 0.5) is 5.69 Å². The smallest absolute Gasteiger partial charge is 0.236 e. The molecule has 6 nitrogen and oxygen atoms in total. The molecule has 1 saturated heterocycles. The Hall–Kier alpha value is -2.41. The third-order valence-corrected chi connectivity index (χ3v) is 6.48. The molecule has 0 spiro atoms. The van der Waals surface area contributed by atoms with Crippen LogP contribution in [0.1, 0.15) is 24.1 Å². The van der Waals surface area contributed by atoms with Gasteiger partial charge < -0.3 is 14.7 Å². The average Bonchev–Trinajstić information content (AvgIpc) is 2.78. The molecule has 2 aliphatic rings. The summed E-state index contributed by atoms with van der Waals surface area (Å²) in [5.74, 6) is 1.24. The zero-order valence-electron chi connectivity index (χ0n) is 19.2. The molecule has 2 heterocycles. The minimum absolute atomic E-state index is 0.0883. The maximum Gasteiger partial charge on any atom is 0.236 e. The standard InChI is InChI=1S/C25H32ClN5O/c1-19-27-23-10-9-21(26)17-22(23)25(20-7-5-4-6-8-20)31(19)16-13-29-11-14-30(15-12-29)24(32)18-28(2)3/h4-10,17,25H,11-16,18H2,1-3H3. The van der Waals surface area contributed by atoms with E-state index in [2.05, 4.69) is 41.0 Å². The minimum atomic E-state index is 0.0883. The highest BCUT2D eigenvalue weighted by atomic mass is 35.5. The third kappa shape index (κ3) is 5.14. The normalized spacial score (nSPS) is 19.2. The van der Waals surface area contributed by atoms with Crippen LogP contribution in [0.2, 0.25) is 5.02 Å². The predicted octanol–water partition coefficient (Wildman–Crippen LogP) is 3.50. The van der Waals surface area contributed by atoms with Crippen molar-refractivity contribution in [3.05, 3.63) is 64.7 Å². The van der Waals surface area contributed by atoms with Crippen molar-refractivity contribution < 1.29 is 4.79 Å². The number of rotatable bonds is 6. The molecular formula is C25H32ClN5O. The summed E-state index contributed by atoms with van der Waals surface area (Å²) in [6.07, 6.45) is 0. The molecular weight excluding hydrogens is 422 g/mol. The van der Waals surface area contributed by atoms with E-state index < -0.39 is 0 Å². The van der Waals surface area contributed by atoms with Crippen LogP contribution in [0.3, 0.4) is 0 Å². The van der Waals surface area contributed by atoms with E-state index in [9.17, 15) is 4.79 Å². The second kappa shape index (κ2) is 10.0. The van der Waals surface area contributed by atoms with Gasteiger partial charge in [0.1, 0.15) is 5.84 Å². The SMILES string of the molecule is CC1=Nc2ccc(Cl)cc2C(c2ccccc2)N1CCN1CCN(C(=O)CN(C)C)CC1. The predicted molar refractivity (Wildman–Crippen MR) is 131 cm³/mol. The van der Waals surface area contributed by atoms with Gasteiger partial charge >= 0.3 is 0 Å². The van der Waals surface area contributed by atoms with Crippen molar-refractivity contribution in [2.24, 2.45) is 4.99 Å². The van der Waals surface area contributed by atoms with E-state index in [0.717, 1.165) is 61.4 Å². The number of carbonyl (C=O) groups is 1. The summed E-state index contributed by atoms with van der Waals surface area (Å²) >= 11 is 6.37. The minimum Gasteiger partial charge on any atom is -0.348 e. The molecule has 2 aromatic rings. The zero-order chi connectivity index (χ0) is 22.7. The molecule has 0 aliphatic carbocycles. The molecule has 1 unspecified atom stereocenters. The van der Waals surface area contributed by atoms with Gasteiger partial charge in [-0.2, -0.15) is 0 Å². The number of aliphatic imine (C=N–C) groups is 1. The highest BCUT2D eigenvalue weighted by Gasteiger charge is 2.30. The summed E-state index contributed by atoms with van der Waals surface area (Å²) in [5, 5.41) is 0.734. The quantitative estimate of drug-likeness (QED) is 0.671. The molecule has 0 radical (unpaired) electrons. The van der Waals surface area contributed by atoms with Crippen molar-refractivity contribution in [2.45, 2.75) is 13.0 Å². The molecule has 2 aliphatic heterocycles. The van der Waals surface area contributed by atoms with Gasteiger partial charge in [-0.05, 0) is 44.8 Å². The Labute approximate surface area is 196 Å². The van der Waals surface area contributed by atoms with Gasteiger partial charge in [0.15, 0.2) is 0 Å². The van der Waals surface area contributed by atoms with Crippen LogP contribution in [-0.2, 0) is 4.79 Å². The fourth-order valence-corrected chi connectivity index (χ4v) is 4.75. The van der Waals surface area contributed by atoms with E-state index >= 15 is 0 Å². The number of benzene rings is 2. The Balaban J connectivity index is 1.46. The Kier molecular flexibility index (Phi) is 7.13. The lowest BCUT2D eigenvalue weighted by Gasteiger charge is -2.40. The van der Waals surface area contributed by atoms with Crippen LogP contribution < -0.4 is 0 Å². The maximum absolute atomic E-state index is 12.3. The number of hydrogen-bond acceptors (Lipinski definition) is 5. The van der Waals surface area contributed by atoms with Crippen LogP contribution in [0.5, 0.6) is 0 Å². The first kappa shape index (κ1) is 22.8. The molecule has 4 rings (SSSR count). The summed E-state index contributed by atoms with van der Waals surface area (Å²) in [4.78, 5) is 26.0. The third-order valence-electron chi connectivity index (χ3n) is 6.24. The fraction of sp³-hybridized carbons (Fsp3) is 0.440. The molecule has 0 aromatic heterocycles. The number of likely N-dealkylation sites (N-methyl/N-ethyl adjacent to an activating group) is 1. The first-order valence-electron chi connectivity index (χ1n) is 11.2. The monoisotopic (exact) mass is 453 g/mol. The number of nitrogens with zero attached hydrogens (tertiary/aromatic N) is 5. The number of carbonyl (C=O) groups excluding carboxylic acids is 1. The van der Waals surface area contributed by atoms with E-state index in [0.29, 0.717) is 6.54 Å². The lowest BCUT2D eigenvalue weighted by atomic mass is 9.94. The molecule has 0 saturated carbocycles. The second-order valence-electron chi connectivity index (χ2n) is 8.83. The molecule has 32 heavy (non-hydrogen) atoms. The molecule has 1 fully saturated rings. The fourth-order valence-electron chi connectivity index (χ4n) is 4.57. The number of amidine groups is 1.